The lowest BCUT2D eigenvalue weighted by molar-refractivity contribution is -0.189. The van der Waals surface area contributed by atoms with Crippen LogP contribution in [0.5, 0.6) is 5.75 Å². The Hall–Kier alpha value is -4.84. The summed E-state index contributed by atoms with van der Waals surface area (Å²) in [6.07, 6.45) is -3.92. The Bertz CT molecular complexity index is 1660. The molecule has 0 aliphatic carbocycles. The van der Waals surface area contributed by atoms with Crippen LogP contribution in [0.15, 0.2) is 85.5 Å². The van der Waals surface area contributed by atoms with Crippen molar-refractivity contribution in [2.24, 2.45) is 5.92 Å². The minimum Gasteiger partial charge on any atom is -0.508 e. The lowest BCUT2D eigenvalue weighted by Gasteiger charge is -2.55. The number of benzene rings is 3. The predicted molar refractivity (Wildman–Crippen MR) is 179 cm³/mol. The molecule has 2 saturated heterocycles. The summed E-state index contributed by atoms with van der Waals surface area (Å²) < 4.78 is 42.3. The first-order valence-electron chi connectivity index (χ1n) is 16.3. The van der Waals surface area contributed by atoms with Crippen LogP contribution in [0.3, 0.4) is 0 Å². The van der Waals surface area contributed by atoms with Crippen LogP contribution in [-0.4, -0.2) is 74.6 Å². The average molecular weight is 678 g/mol. The van der Waals surface area contributed by atoms with Crippen molar-refractivity contribution in [3.05, 3.63) is 113 Å². The molecule has 3 aromatic carbocycles. The number of halogens is 3. The highest BCUT2D eigenvalue weighted by atomic mass is 19.4. The van der Waals surface area contributed by atoms with Gasteiger partial charge >= 0.3 is 12.2 Å². The third-order valence-electron chi connectivity index (χ3n) is 9.27. The number of carbonyl (C=O) groups is 3. The van der Waals surface area contributed by atoms with Gasteiger partial charge in [0.2, 0.25) is 11.8 Å². The molecule has 2 aliphatic heterocycles. The predicted octanol–water partition coefficient (Wildman–Crippen LogP) is 5.91. The van der Waals surface area contributed by atoms with E-state index in [1.165, 1.54) is 26.9 Å². The smallest absolute Gasteiger partial charge is 0.416 e. The van der Waals surface area contributed by atoms with Crippen LogP contribution in [-0.2, 0) is 35.3 Å². The van der Waals surface area contributed by atoms with Gasteiger partial charge in [0.05, 0.1) is 18.7 Å². The second-order valence-corrected chi connectivity index (χ2v) is 13.0. The largest absolute Gasteiger partial charge is 0.508 e. The molecule has 12 heteroatoms. The number of carbonyl (C=O) groups excluding carboxylic acids is 3. The van der Waals surface area contributed by atoms with Gasteiger partial charge in [0.1, 0.15) is 18.0 Å². The number of phenols is 1. The van der Waals surface area contributed by atoms with E-state index in [2.05, 4.69) is 11.9 Å². The van der Waals surface area contributed by atoms with Gasteiger partial charge in [0.15, 0.2) is 0 Å². The average Bonchev–Trinajstić information content (AvgIpc) is 3.06. The van der Waals surface area contributed by atoms with E-state index in [4.69, 9.17) is 0 Å². The van der Waals surface area contributed by atoms with Crippen LogP contribution in [0.25, 0.3) is 0 Å². The standard InChI is InChI=1S/C37H42F3N5O4/c1-5-15-43-23-34(47)44-32(18-26-11-13-31(46)14-12-26)35(48)42(22-33(44)45(43)36(49)41-20-27-9-7-6-8-10-27)21-28-16-29(25(4)24(2)3)19-30(17-28)37(38,39)40/h5-14,16-17,19,24-25,32-33,46H,1,15,18,20-23H2,2-4H3,(H,41,49)/t25?,32-,33-/m0/s1. The van der Waals surface area contributed by atoms with Gasteiger partial charge in [0.25, 0.3) is 0 Å². The van der Waals surface area contributed by atoms with Crippen LogP contribution in [0.4, 0.5) is 18.0 Å². The summed E-state index contributed by atoms with van der Waals surface area (Å²) in [4.78, 5) is 44.9. The molecule has 5 rings (SSSR count). The summed E-state index contributed by atoms with van der Waals surface area (Å²) in [5.41, 5.74) is 1.53. The quantitative estimate of drug-likeness (QED) is 0.261. The Balaban J connectivity index is 1.55. The molecule has 2 fully saturated rings. The number of amides is 4. The minimum atomic E-state index is -4.60. The van der Waals surface area contributed by atoms with Gasteiger partial charge in [0, 0.05) is 26.1 Å². The molecule has 2 heterocycles. The van der Waals surface area contributed by atoms with E-state index in [1.54, 1.807) is 29.3 Å². The van der Waals surface area contributed by atoms with Crippen molar-refractivity contribution in [3.63, 3.8) is 0 Å². The normalized spacial score (nSPS) is 19.2. The molecule has 0 aromatic heterocycles. The number of urea groups is 1. The maximum atomic E-state index is 14.3. The van der Waals surface area contributed by atoms with Gasteiger partial charge in [-0.3, -0.25) is 9.59 Å². The van der Waals surface area contributed by atoms with Crippen molar-refractivity contribution in [2.45, 2.75) is 64.6 Å². The molecule has 4 amide bonds. The van der Waals surface area contributed by atoms with E-state index >= 15 is 0 Å². The molecule has 0 bridgehead atoms. The Morgan fingerprint density at radius 3 is 2.33 bits per heavy atom. The first-order valence-corrected chi connectivity index (χ1v) is 16.3. The fourth-order valence-electron chi connectivity index (χ4n) is 6.39. The zero-order chi connectivity index (χ0) is 35.5. The lowest BCUT2D eigenvalue weighted by Crippen LogP contribution is -2.76. The Labute approximate surface area is 284 Å². The molecule has 260 valence electrons. The third-order valence-corrected chi connectivity index (χ3v) is 9.27. The molecular formula is C37H42F3N5O4. The molecule has 2 aliphatic rings. The number of fused-ring (bicyclic) bond motifs is 1. The number of alkyl halides is 3. The topological polar surface area (TPSA) is 96.4 Å². The van der Waals surface area contributed by atoms with E-state index in [0.717, 1.165) is 17.7 Å². The molecule has 2 N–H and O–H groups in total. The first-order chi connectivity index (χ1) is 23.3. The molecule has 0 radical (unpaired) electrons. The summed E-state index contributed by atoms with van der Waals surface area (Å²) in [5, 5.41) is 15.8. The summed E-state index contributed by atoms with van der Waals surface area (Å²) in [6, 6.07) is 17.9. The maximum Gasteiger partial charge on any atom is 0.416 e. The maximum absolute atomic E-state index is 14.3. The Kier molecular flexibility index (Phi) is 10.7. The van der Waals surface area contributed by atoms with Crippen LogP contribution < -0.4 is 5.32 Å². The van der Waals surface area contributed by atoms with Crippen LogP contribution in [0.1, 0.15) is 54.5 Å². The number of rotatable bonds is 10. The number of phenolic OH excluding ortho intramolecular Hbond substituents is 1. The summed E-state index contributed by atoms with van der Waals surface area (Å²) >= 11 is 0. The zero-order valence-corrected chi connectivity index (χ0v) is 27.9. The van der Waals surface area contributed by atoms with Gasteiger partial charge in [-0.15, -0.1) is 6.58 Å². The SMILES string of the molecule is C=CCN1CC(=O)N2[C@@H](Cc3ccc(O)cc3)C(=O)N(Cc3cc(C(C)C(C)C)cc(C(F)(F)F)c3)C[C@@H]2N1C(=O)NCc1ccccc1. The van der Waals surface area contributed by atoms with Crippen LogP contribution >= 0.6 is 0 Å². The van der Waals surface area contributed by atoms with Crippen molar-refractivity contribution in [1.29, 1.82) is 0 Å². The van der Waals surface area contributed by atoms with E-state index in [9.17, 15) is 32.7 Å². The van der Waals surface area contributed by atoms with Crippen LogP contribution in [0, 0.1) is 5.92 Å². The monoisotopic (exact) mass is 677 g/mol. The first kappa shape index (κ1) is 35.5. The second-order valence-electron chi connectivity index (χ2n) is 13.0. The van der Waals surface area contributed by atoms with Crippen LogP contribution in [0.2, 0.25) is 0 Å². The van der Waals surface area contributed by atoms with Crippen molar-refractivity contribution >= 4 is 17.8 Å². The van der Waals surface area contributed by atoms with E-state index in [1.807, 2.05) is 51.1 Å². The Morgan fingerprint density at radius 2 is 1.69 bits per heavy atom. The number of hydrazine groups is 1. The number of piperazine rings is 1. The highest BCUT2D eigenvalue weighted by Crippen LogP contribution is 2.35. The van der Waals surface area contributed by atoms with Crippen molar-refractivity contribution in [3.8, 4) is 5.75 Å². The fourth-order valence-corrected chi connectivity index (χ4v) is 6.39. The van der Waals surface area contributed by atoms with E-state index in [0.29, 0.717) is 16.7 Å². The molecule has 49 heavy (non-hydrogen) atoms. The van der Waals surface area contributed by atoms with Gasteiger partial charge in [-0.25, -0.2) is 14.8 Å². The molecule has 0 saturated carbocycles. The van der Waals surface area contributed by atoms with Crippen molar-refractivity contribution < 1.29 is 32.7 Å². The Morgan fingerprint density at radius 1 is 1.00 bits per heavy atom. The molecular weight excluding hydrogens is 635 g/mol. The third kappa shape index (κ3) is 8.07. The molecule has 3 aromatic rings. The lowest BCUT2D eigenvalue weighted by atomic mass is 9.88. The molecule has 1 unspecified atom stereocenters. The van der Waals surface area contributed by atoms with E-state index in [-0.39, 0.29) is 62.6 Å². The number of nitrogens with one attached hydrogen (secondary N) is 1. The van der Waals surface area contributed by atoms with Gasteiger partial charge in [-0.2, -0.15) is 13.2 Å². The van der Waals surface area contributed by atoms with Gasteiger partial charge in [-0.05, 0) is 58.4 Å². The molecule has 9 nitrogen and oxygen atoms in total. The minimum absolute atomic E-state index is 0.0320. The number of hydrogen-bond acceptors (Lipinski definition) is 5. The summed E-state index contributed by atoms with van der Waals surface area (Å²) in [5.74, 6) is -0.894. The zero-order valence-electron chi connectivity index (χ0n) is 27.9. The summed E-state index contributed by atoms with van der Waals surface area (Å²) in [6.45, 7) is 9.43. The highest BCUT2D eigenvalue weighted by molar-refractivity contribution is 5.91. The van der Waals surface area contributed by atoms with E-state index < -0.39 is 35.9 Å². The second kappa shape index (κ2) is 14.7. The number of aromatic hydroxyl groups is 1. The summed E-state index contributed by atoms with van der Waals surface area (Å²) in [7, 11) is 0. The van der Waals surface area contributed by atoms with Crippen molar-refractivity contribution in [1.82, 2.24) is 25.1 Å². The van der Waals surface area contributed by atoms with Gasteiger partial charge in [-0.1, -0.05) is 75.4 Å². The number of nitrogens with zero attached hydrogens (tertiary/aromatic N) is 4. The molecule has 3 atom stereocenters. The highest BCUT2D eigenvalue weighted by Gasteiger charge is 2.51. The number of hydrogen-bond donors (Lipinski definition) is 2. The molecule has 0 spiro atoms. The fraction of sp³-hybridized carbons (Fsp3) is 0.378. The van der Waals surface area contributed by atoms with Crippen molar-refractivity contribution in [2.75, 3.05) is 19.6 Å². The van der Waals surface area contributed by atoms with Gasteiger partial charge < -0.3 is 20.2 Å².